The maximum atomic E-state index is 5.83. The summed E-state index contributed by atoms with van der Waals surface area (Å²) in [7, 11) is 0. The van der Waals surface area contributed by atoms with Gasteiger partial charge in [0, 0.05) is 4.47 Å². The molecule has 0 amide bonds. The first-order chi connectivity index (χ1) is 7.25. The number of ether oxygens (including phenoxy) is 1. The van der Waals surface area contributed by atoms with E-state index in [9.17, 15) is 0 Å². The largest absolute Gasteiger partial charge is 0.491 e. The smallest absolute Gasteiger partial charge is 0.142 e. The molecule has 2 nitrogen and oxygen atoms in total. The third-order valence-electron chi connectivity index (χ3n) is 2.98. The first kappa shape index (κ1) is 10.8. The van der Waals surface area contributed by atoms with Crippen LogP contribution in [0.2, 0.25) is 0 Å². The van der Waals surface area contributed by atoms with Gasteiger partial charge in [-0.25, -0.2) is 0 Å². The molecular weight excluding hydrogens is 254 g/mol. The lowest BCUT2D eigenvalue weighted by molar-refractivity contribution is 0.222. The van der Waals surface area contributed by atoms with E-state index in [1.165, 1.54) is 19.3 Å². The summed E-state index contributed by atoms with van der Waals surface area (Å²) in [4.78, 5) is 0. The zero-order valence-corrected chi connectivity index (χ0v) is 10.3. The van der Waals surface area contributed by atoms with Crippen molar-refractivity contribution >= 4 is 21.6 Å². The molecule has 82 valence electrons. The topological polar surface area (TPSA) is 35.2 Å². The standard InChI is InChI=1S/C12H16BrNO/c13-10-4-5-12(11(14)8-10)15-7-6-9-2-1-3-9/h4-5,8-9H,1-3,6-7,14H2. The number of hydrogen-bond acceptors (Lipinski definition) is 2. The molecule has 3 heteroatoms. The number of halogens is 1. The van der Waals surface area contributed by atoms with Gasteiger partial charge in [0.1, 0.15) is 5.75 Å². The Balaban J connectivity index is 1.81. The molecule has 1 aliphatic rings. The van der Waals surface area contributed by atoms with E-state index in [1.807, 2.05) is 18.2 Å². The van der Waals surface area contributed by atoms with Crippen LogP contribution in [-0.4, -0.2) is 6.61 Å². The number of hydrogen-bond donors (Lipinski definition) is 1. The molecule has 1 aliphatic carbocycles. The van der Waals surface area contributed by atoms with Gasteiger partial charge in [-0.3, -0.25) is 0 Å². The lowest BCUT2D eigenvalue weighted by atomic mass is 9.83. The summed E-state index contributed by atoms with van der Waals surface area (Å²) >= 11 is 3.37. The number of benzene rings is 1. The van der Waals surface area contributed by atoms with Gasteiger partial charge in [-0.05, 0) is 30.5 Å². The number of nitrogens with two attached hydrogens (primary N) is 1. The van der Waals surface area contributed by atoms with Crippen molar-refractivity contribution in [2.24, 2.45) is 5.92 Å². The molecule has 1 fully saturated rings. The Morgan fingerprint density at radius 2 is 2.20 bits per heavy atom. The highest BCUT2D eigenvalue weighted by atomic mass is 79.9. The summed E-state index contributed by atoms with van der Waals surface area (Å²) in [6.45, 7) is 0.788. The fraction of sp³-hybridized carbons (Fsp3) is 0.500. The van der Waals surface area contributed by atoms with Crippen LogP contribution < -0.4 is 10.5 Å². The first-order valence-corrected chi connectivity index (χ1v) is 6.23. The molecule has 0 spiro atoms. The van der Waals surface area contributed by atoms with Gasteiger partial charge < -0.3 is 10.5 Å². The second kappa shape index (κ2) is 4.88. The predicted octanol–water partition coefficient (Wildman–Crippen LogP) is 3.60. The van der Waals surface area contributed by atoms with Crippen LogP contribution in [0, 0.1) is 5.92 Å². The number of rotatable bonds is 4. The molecule has 0 aliphatic heterocycles. The van der Waals surface area contributed by atoms with E-state index in [2.05, 4.69) is 15.9 Å². The van der Waals surface area contributed by atoms with Crippen molar-refractivity contribution in [1.82, 2.24) is 0 Å². The quantitative estimate of drug-likeness (QED) is 0.848. The molecule has 0 atom stereocenters. The van der Waals surface area contributed by atoms with Crippen molar-refractivity contribution in [3.05, 3.63) is 22.7 Å². The van der Waals surface area contributed by atoms with E-state index in [4.69, 9.17) is 10.5 Å². The van der Waals surface area contributed by atoms with Crippen molar-refractivity contribution in [2.45, 2.75) is 25.7 Å². The maximum Gasteiger partial charge on any atom is 0.142 e. The van der Waals surface area contributed by atoms with Gasteiger partial charge in [0.15, 0.2) is 0 Å². The van der Waals surface area contributed by atoms with E-state index in [-0.39, 0.29) is 0 Å². The molecule has 0 bridgehead atoms. The van der Waals surface area contributed by atoms with Gasteiger partial charge in [-0.2, -0.15) is 0 Å². The highest BCUT2D eigenvalue weighted by Gasteiger charge is 2.16. The minimum absolute atomic E-state index is 0.706. The van der Waals surface area contributed by atoms with Crippen LogP contribution in [0.3, 0.4) is 0 Å². The van der Waals surface area contributed by atoms with Crippen LogP contribution >= 0.6 is 15.9 Å². The molecule has 1 saturated carbocycles. The van der Waals surface area contributed by atoms with Gasteiger partial charge in [-0.15, -0.1) is 0 Å². The zero-order chi connectivity index (χ0) is 10.7. The number of anilines is 1. The lowest BCUT2D eigenvalue weighted by Crippen LogP contribution is -2.14. The van der Waals surface area contributed by atoms with Gasteiger partial charge in [0.2, 0.25) is 0 Å². The Morgan fingerprint density at radius 3 is 2.80 bits per heavy atom. The van der Waals surface area contributed by atoms with E-state index < -0.39 is 0 Å². The van der Waals surface area contributed by atoms with Gasteiger partial charge >= 0.3 is 0 Å². The molecule has 0 aromatic heterocycles. The average Bonchev–Trinajstić information content (AvgIpc) is 2.12. The Bertz CT molecular complexity index is 336. The summed E-state index contributed by atoms with van der Waals surface area (Å²) in [5, 5.41) is 0. The molecule has 0 radical (unpaired) electrons. The molecule has 1 aromatic carbocycles. The second-order valence-electron chi connectivity index (χ2n) is 4.12. The molecule has 0 unspecified atom stereocenters. The van der Waals surface area contributed by atoms with Gasteiger partial charge in [0.05, 0.1) is 12.3 Å². The van der Waals surface area contributed by atoms with Gasteiger partial charge in [0.25, 0.3) is 0 Å². The van der Waals surface area contributed by atoms with Crippen LogP contribution in [-0.2, 0) is 0 Å². The molecular formula is C12H16BrNO. The van der Waals surface area contributed by atoms with Gasteiger partial charge in [-0.1, -0.05) is 35.2 Å². The van der Waals surface area contributed by atoms with Crippen LogP contribution in [0.25, 0.3) is 0 Å². The van der Waals surface area contributed by atoms with E-state index in [1.54, 1.807) is 0 Å². The van der Waals surface area contributed by atoms with Crippen molar-refractivity contribution in [3.63, 3.8) is 0 Å². The Kier molecular flexibility index (Phi) is 3.52. The van der Waals surface area contributed by atoms with Crippen LogP contribution in [0.1, 0.15) is 25.7 Å². The van der Waals surface area contributed by atoms with Crippen LogP contribution in [0.5, 0.6) is 5.75 Å². The monoisotopic (exact) mass is 269 g/mol. The minimum Gasteiger partial charge on any atom is -0.491 e. The highest BCUT2D eigenvalue weighted by Crippen LogP contribution is 2.30. The lowest BCUT2D eigenvalue weighted by Gasteiger charge is -2.25. The molecule has 2 N–H and O–H groups in total. The normalized spacial score (nSPS) is 16.1. The molecule has 15 heavy (non-hydrogen) atoms. The number of nitrogen functional groups attached to an aromatic ring is 1. The van der Waals surface area contributed by atoms with E-state index in [0.717, 1.165) is 29.2 Å². The average molecular weight is 270 g/mol. The molecule has 2 rings (SSSR count). The first-order valence-electron chi connectivity index (χ1n) is 5.43. The van der Waals surface area contributed by atoms with Crippen molar-refractivity contribution in [3.8, 4) is 5.75 Å². The summed E-state index contributed by atoms with van der Waals surface area (Å²) in [6, 6.07) is 5.74. The summed E-state index contributed by atoms with van der Waals surface area (Å²) in [5.41, 5.74) is 6.54. The highest BCUT2D eigenvalue weighted by molar-refractivity contribution is 9.10. The van der Waals surface area contributed by atoms with Crippen molar-refractivity contribution in [1.29, 1.82) is 0 Å². The van der Waals surface area contributed by atoms with E-state index >= 15 is 0 Å². The minimum atomic E-state index is 0.706. The van der Waals surface area contributed by atoms with Crippen LogP contribution in [0.4, 0.5) is 5.69 Å². The predicted molar refractivity (Wildman–Crippen MR) is 66.0 cm³/mol. The van der Waals surface area contributed by atoms with Crippen molar-refractivity contribution < 1.29 is 4.74 Å². The fourth-order valence-electron chi connectivity index (χ4n) is 1.77. The Labute approximate surface area is 98.9 Å². The second-order valence-corrected chi connectivity index (χ2v) is 5.03. The molecule has 0 heterocycles. The summed E-state index contributed by atoms with van der Waals surface area (Å²) in [6.07, 6.45) is 5.30. The summed E-state index contributed by atoms with van der Waals surface area (Å²) < 4.78 is 6.64. The van der Waals surface area contributed by atoms with Crippen LogP contribution in [0.15, 0.2) is 22.7 Å². The third-order valence-corrected chi connectivity index (χ3v) is 3.47. The Hall–Kier alpha value is -0.700. The molecule has 0 saturated heterocycles. The third kappa shape index (κ3) is 2.88. The maximum absolute atomic E-state index is 5.83. The van der Waals surface area contributed by atoms with Crippen molar-refractivity contribution in [2.75, 3.05) is 12.3 Å². The molecule has 1 aromatic rings. The fourth-order valence-corrected chi connectivity index (χ4v) is 2.15. The zero-order valence-electron chi connectivity index (χ0n) is 8.71. The Morgan fingerprint density at radius 1 is 1.40 bits per heavy atom. The van der Waals surface area contributed by atoms with E-state index in [0.29, 0.717) is 5.69 Å². The summed E-state index contributed by atoms with van der Waals surface area (Å²) in [5.74, 6) is 1.69. The SMILES string of the molecule is Nc1cc(Br)ccc1OCCC1CCC1.